The third kappa shape index (κ3) is 3.61. The fraction of sp³-hybridized carbons (Fsp3) is 0.312. The minimum atomic E-state index is -0.178. The van der Waals surface area contributed by atoms with Gasteiger partial charge < -0.3 is 10.6 Å². The van der Waals surface area contributed by atoms with Crippen molar-refractivity contribution in [2.24, 2.45) is 13.0 Å². The van der Waals surface area contributed by atoms with Crippen molar-refractivity contribution in [3.63, 3.8) is 0 Å². The van der Waals surface area contributed by atoms with Crippen LogP contribution in [0.25, 0.3) is 0 Å². The van der Waals surface area contributed by atoms with Crippen LogP contribution in [-0.4, -0.2) is 21.6 Å². The average Bonchev–Trinajstić information content (AvgIpc) is 3.17. The van der Waals surface area contributed by atoms with Crippen molar-refractivity contribution in [2.75, 3.05) is 10.6 Å². The minimum absolute atomic E-state index is 0.0384. The van der Waals surface area contributed by atoms with Gasteiger partial charge in [-0.3, -0.25) is 14.3 Å². The number of anilines is 2. The van der Waals surface area contributed by atoms with Crippen LogP contribution in [0.15, 0.2) is 35.1 Å². The first kappa shape index (κ1) is 15.7. The van der Waals surface area contributed by atoms with E-state index in [1.54, 1.807) is 23.0 Å². The van der Waals surface area contributed by atoms with Gasteiger partial charge in [-0.05, 0) is 36.1 Å². The van der Waals surface area contributed by atoms with Crippen molar-refractivity contribution in [1.29, 1.82) is 0 Å². The normalized spacial score (nSPS) is 19.3. The highest BCUT2D eigenvalue weighted by Gasteiger charge is 2.44. The Balaban J connectivity index is 1.71. The van der Waals surface area contributed by atoms with Gasteiger partial charge in [-0.15, -0.1) is 0 Å². The second kappa shape index (κ2) is 6.16. The quantitative estimate of drug-likeness (QED) is 0.860. The molecule has 7 heteroatoms. The van der Waals surface area contributed by atoms with Gasteiger partial charge in [-0.2, -0.15) is 5.10 Å². The van der Waals surface area contributed by atoms with Gasteiger partial charge in [0.05, 0.1) is 17.6 Å². The van der Waals surface area contributed by atoms with Gasteiger partial charge in [0, 0.05) is 30.6 Å². The molecule has 23 heavy (non-hydrogen) atoms. The van der Waals surface area contributed by atoms with Crippen molar-refractivity contribution in [2.45, 2.75) is 19.3 Å². The Bertz CT molecular complexity index is 771. The number of hydrogen-bond acceptors (Lipinski definition) is 3. The number of aryl methyl sites for hydroxylation is 1. The number of carbonyl (C=O) groups excluding carboxylic acids is 2. The Labute approximate surface area is 142 Å². The van der Waals surface area contributed by atoms with Crippen LogP contribution >= 0.6 is 15.9 Å². The number of halogens is 1. The molecule has 0 bridgehead atoms. The van der Waals surface area contributed by atoms with E-state index in [0.29, 0.717) is 11.4 Å². The molecule has 3 rings (SSSR count). The van der Waals surface area contributed by atoms with Gasteiger partial charge >= 0.3 is 0 Å². The van der Waals surface area contributed by atoms with Crippen LogP contribution in [0.5, 0.6) is 0 Å². The lowest BCUT2D eigenvalue weighted by atomic mass is 10.2. The van der Waals surface area contributed by atoms with Gasteiger partial charge in [-0.1, -0.05) is 15.9 Å². The average molecular weight is 377 g/mol. The van der Waals surface area contributed by atoms with E-state index in [0.717, 1.165) is 16.5 Å². The van der Waals surface area contributed by atoms with Crippen molar-refractivity contribution in [1.82, 2.24) is 9.78 Å². The summed E-state index contributed by atoms with van der Waals surface area (Å²) in [6.45, 7) is 1.44. The molecule has 1 fully saturated rings. The smallest absolute Gasteiger partial charge is 0.228 e. The lowest BCUT2D eigenvalue weighted by molar-refractivity contribution is -0.117. The molecule has 2 atom stereocenters. The Kier molecular flexibility index (Phi) is 4.21. The maximum atomic E-state index is 12.4. The summed E-state index contributed by atoms with van der Waals surface area (Å²) >= 11 is 3.38. The summed E-state index contributed by atoms with van der Waals surface area (Å²) in [4.78, 5) is 23.7. The predicted octanol–water partition coefficient (Wildman–Crippen LogP) is 2.88. The van der Waals surface area contributed by atoms with E-state index in [9.17, 15) is 9.59 Å². The number of carbonyl (C=O) groups is 2. The molecular weight excluding hydrogens is 360 g/mol. The number of aromatic nitrogens is 2. The zero-order chi connectivity index (χ0) is 16.6. The van der Waals surface area contributed by atoms with E-state index in [4.69, 9.17) is 0 Å². The summed E-state index contributed by atoms with van der Waals surface area (Å²) in [5, 5.41) is 9.78. The highest BCUT2D eigenvalue weighted by Crippen LogP contribution is 2.48. The van der Waals surface area contributed by atoms with Crippen molar-refractivity contribution < 1.29 is 9.59 Å². The number of rotatable bonds is 4. The van der Waals surface area contributed by atoms with Crippen LogP contribution in [-0.2, 0) is 16.6 Å². The highest BCUT2D eigenvalue weighted by atomic mass is 79.9. The van der Waals surface area contributed by atoms with Crippen LogP contribution in [0.4, 0.5) is 11.4 Å². The number of amides is 2. The summed E-state index contributed by atoms with van der Waals surface area (Å²) in [6.07, 6.45) is 4.57. The molecule has 0 unspecified atom stereocenters. The number of nitrogens with one attached hydrogen (secondary N) is 2. The largest absolute Gasteiger partial charge is 0.325 e. The van der Waals surface area contributed by atoms with E-state index in [1.165, 1.54) is 6.92 Å². The Morgan fingerprint density at radius 3 is 2.74 bits per heavy atom. The van der Waals surface area contributed by atoms with Gasteiger partial charge in [0.15, 0.2) is 0 Å². The van der Waals surface area contributed by atoms with Crippen LogP contribution in [0.3, 0.4) is 0 Å². The van der Waals surface area contributed by atoms with Crippen LogP contribution in [0, 0.1) is 5.92 Å². The molecule has 1 aromatic carbocycles. The second-order valence-corrected chi connectivity index (χ2v) is 6.67. The number of benzene rings is 1. The highest BCUT2D eigenvalue weighted by molar-refractivity contribution is 9.10. The van der Waals surface area contributed by atoms with Gasteiger partial charge in [-0.25, -0.2) is 0 Å². The molecule has 1 aliphatic carbocycles. The fourth-order valence-electron chi connectivity index (χ4n) is 2.63. The van der Waals surface area contributed by atoms with Gasteiger partial charge in [0.25, 0.3) is 0 Å². The molecule has 6 nitrogen and oxygen atoms in total. The summed E-state index contributed by atoms with van der Waals surface area (Å²) in [5.41, 5.74) is 2.27. The van der Waals surface area contributed by atoms with E-state index in [2.05, 4.69) is 31.7 Å². The Hall–Kier alpha value is -2.15. The lowest BCUT2D eigenvalue weighted by Gasteiger charge is -2.12. The predicted molar refractivity (Wildman–Crippen MR) is 91.1 cm³/mol. The van der Waals surface area contributed by atoms with E-state index < -0.39 is 0 Å². The first-order valence-electron chi connectivity index (χ1n) is 7.30. The molecule has 1 aromatic heterocycles. The molecule has 1 aliphatic rings. The van der Waals surface area contributed by atoms with Crippen molar-refractivity contribution in [3.05, 3.63) is 40.6 Å². The van der Waals surface area contributed by atoms with Crippen LogP contribution in [0.2, 0.25) is 0 Å². The summed E-state index contributed by atoms with van der Waals surface area (Å²) < 4.78 is 2.58. The van der Waals surface area contributed by atoms with Gasteiger partial charge in [0.2, 0.25) is 11.8 Å². The maximum absolute atomic E-state index is 12.4. The standard InChI is InChI=1S/C16H17BrN4O2/c1-9(22)19-14-4-3-11(17)5-15(14)20-16(23)13-6-12(13)10-7-18-21(2)8-10/h3-5,7-8,12-13H,6H2,1-2H3,(H,19,22)(H,20,23)/t12-,13+/m1/s1. The zero-order valence-electron chi connectivity index (χ0n) is 12.8. The SMILES string of the molecule is CC(=O)Nc1ccc(Br)cc1NC(=O)[C@H]1C[C@@H]1c1cnn(C)c1. The second-order valence-electron chi connectivity index (χ2n) is 5.76. The minimum Gasteiger partial charge on any atom is -0.325 e. The van der Waals surface area contributed by atoms with E-state index >= 15 is 0 Å². The number of hydrogen-bond donors (Lipinski definition) is 2. The topological polar surface area (TPSA) is 76.0 Å². The molecule has 0 saturated heterocycles. The molecule has 0 aliphatic heterocycles. The lowest BCUT2D eigenvalue weighted by Crippen LogP contribution is -2.17. The summed E-state index contributed by atoms with van der Waals surface area (Å²) in [6, 6.07) is 5.35. The molecule has 120 valence electrons. The third-order valence-corrected chi connectivity index (χ3v) is 4.32. The first-order valence-corrected chi connectivity index (χ1v) is 8.10. The molecule has 0 radical (unpaired) electrons. The van der Waals surface area contributed by atoms with E-state index in [-0.39, 0.29) is 23.7 Å². The molecule has 2 aromatic rings. The Morgan fingerprint density at radius 1 is 1.30 bits per heavy atom. The molecular formula is C16H17BrN4O2. The van der Waals surface area contributed by atoms with E-state index in [1.807, 2.05) is 19.3 Å². The monoisotopic (exact) mass is 376 g/mol. The van der Waals surface area contributed by atoms with Gasteiger partial charge in [0.1, 0.15) is 0 Å². The zero-order valence-corrected chi connectivity index (χ0v) is 14.4. The molecule has 1 heterocycles. The molecule has 2 amide bonds. The maximum Gasteiger partial charge on any atom is 0.228 e. The van der Waals surface area contributed by atoms with Crippen molar-refractivity contribution >= 4 is 39.1 Å². The third-order valence-electron chi connectivity index (χ3n) is 3.83. The molecule has 2 N–H and O–H groups in total. The first-order chi connectivity index (χ1) is 10.9. The van der Waals surface area contributed by atoms with Crippen molar-refractivity contribution in [3.8, 4) is 0 Å². The molecule has 1 saturated carbocycles. The summed E-state index contributed by atoms with van der Waals surface area (Å²) in [5.74, 6) is -0.0468. The van der Waals surface area contributed by atoms with Crippen LogP contribution < -0.4 is 10.6 Å². The number of nitrogens with zero attached hydrogens (tertiary/aromatic N) is 2. The fourth-order valence-corrected chi connectivity index (χ4v) is 2.99. The summed E-state index contributed by atoms with van der Waals surface area (Å²) in [7, 11) is 1.86. The Morgan fingerprint density at radius 2 is 2.09 bits per heavy atom. The van der Waals surface area contributed by atoms with Crippen LogP contribution in [0.1, 0.15) is 24.8 Å². The molecule has 0 spiro atoms.